The number of rotatable bonds is 5. The number of nitro benzene ring substituents is 1. The maximum absolute atomic E-state index is 13.1. The van der Waals surface area contributed by atoms with E-state index < -0.39 is 15.8 Å². The fourth-order valence-corrected chi connectivity index (χ4v) is 5.15. The Morgan fingerprint density at radius 1 is 1.21 bits per heavy atom. The highest BCUT2D eigenvalue weighted by atomic mass is 32.1. The maximum atomic E-state index is 13.1. The number of ether oxygens (including phenoxy) is 1. The average molecular weight is 467 g/mol. The number of hydrogen-bond donors (Lipinski definition) is 1. The summed E-state index contributed by atoms with van der Waals surface area (Å²) in [4.78, 5) is 36.8. The number of nitro groups is 2. The predicted octanol–water partition coefficient (Wildman–Crippen LogP) is 3.88. The molecule has 0 unspecified atom stereocenters. The number of thiophene rings is 1. The number of Topliss-reactive ketones (excluding diaryl/α,β-unsaturated/α-hetero) is 1. The van der Waals surface area contributed by atoms with Crippen LogP contribution in [0, 0.1) is 31.6 Å². The molecule has 0 amide bonds. The molecule has 0 saturated heterocycles. The minimum Gasteiger partial charge on any atom is -0.496 e. The highest BCUT2D eigenvalue weighted by molar-refractivity contribution is 7.15. The van der Waals surface area contributed by atoms with Crippen LogP contribution >= 0.6 is 11.3 Å². The highest BCUT2D eigenvalue weighted by Gasteiger charge is 2.42. The van der Waals surface area contributed by atoms with Crippen molar-refractivity contribution >= 4 is 33.5 Å². The molecule has 1 aliphatic carbocycles. The number of nitrogens with zero attached hydrogens (tertiary/aromatic N) is 4. The molecule has 168 valence electrons. The molecule has 4 rings (SSSR count). The van der Waals surface area contributed by atoms with Crippen LogP contribution in [0.3, 0.4) is 0 Å². The Bertz CT molecular complexity index is 1300. The van der Waals surface area contributed by atoms with E-state index in [0.29, 0.717) is 23.4 Å². The fourth-order valence-electron chi connectivity index (χ4n) is 4.21. The third-order valence-electron chi connectivity index (χ3n) is 5.61. The van der Waals surface area contributed by atoms with E-state index >= 15 is 0 Å². The zero-order valence-corrected chi connectivity index (χ0v) is 18.1. The molecule has 1 aromatic carbocycles. The molecular formula is C21H17N5O6S. The molecule has 0 spiro atoms. The number of methoxy groups -OCH3 is 1. The van der Waals surface area contributed by atoms with E-state index in [2.05, 4.69) is 0 Å². The minimum absolute atomic E-state index is 0.00543. The Morgan fingerprint density at radius 2 is 1.97 bits per heavy atom. The number of anilines is 1. The highest BCUT2D eigenvalue weighted by Crippen LogP contribution is 2.49. The Hall–Kier alpha value is -4.24. The van der Waals surface area contributed by atoms with E-state index in [4.69, 9.17) is 10.5 Å². The summed E-state index contributed by atoms with van der Waals surface area (Å²) in [6, 6.07) is 9.09. The topological polar surface area (TPSA) is 166 Å². The van der Waals surface area contributed by atoms with Gasteiger partial charge in [0.05, 0.1) is 40.6 Å². The van der Waals surface area contributed by atoms with E-state index in [1.54, 1.807) is 0 Å². The predicted molar refractivity (Wildman–Crippen MR) is 119 cm³/mol. The summed E-state index contributed by atoms with van der Waals surface area (Å²) < 4.78 is 5.10. The summed E-state index contributed by atoms with van der Waals surface area (Å²) in [6.45, 7) is 0. The smallest absolute Gasteiger partial charge is 0.324 e. The standard InChI is InChI=1S/C21H17N5O6S/c1-32-11-5-6-13(15(9-11)25(28)29)24-14-3-2-4-16(27)20(14)19(12(10-22)21(24)23)17-7-8-18(33-17)26(30)31/h5-9,19H,2-4,23H2,1H3/t19-/m1/s1. The van der Waals surface area contributed by atoms with Crippen molar-refractivity contribution < 1.29 is 19.4 Å². The monoisotopic (exact) mass is 467 g/mol. The van der Waals surface area contributed by atoms with Gasteiger partial charge in [0, 0.05) is 28.6 Å². The molecule has 11 nitrogen and oxygen atoms in total. The number of hydrogen-bond acceptors (Lipinski definition) is 10. The summed E-state index contributed by atoms with van der Waals surface area (Å²) in [5.74, 6) is -0.882. The van der Waals surface area contributed by atoms with Crippen molar-refractivity contribution in [1.29, 1.82) is 5.26 Å². The van der Waals surface area contributed by atoms with Crippen LogP contribution in [0.2, 0.25) is 0 Å². The van der Waals surface area contributed by atoms with Crippen molar-refractivity contribution in [2.75, 3.05) is 12.0 Å². The van der Waals surface area contributed by atoms with Crippen LogP contribution in [0.4, 0.5) is 16.4 Å². The van der Waals surface area contributed by atoms with Gasteiger partial charge < -0.3 is 10.5 Å². The third kappa shape index (κ3) is 3.58. The minimum atomic E-state index is -0.870. The molecule has 0 bridgehead atoms. The first-order valence-electron chi connectivity index (χ1n) is 9.81. The Kier molecular flexibility index (Phi) is 5.57. The largest absolute Gasteiger partial charge is 0.496 e. The van der Waals surface area contributed by atoms with Crippen molar-refractivity contribution in [2.24, 2.45) is 5.73 Å². The molecule has 2 heterocycles. The third-order valence-corrected chi connectivity index (χ3v) is 6.71. The lowest BCUT2D eigenvalue weighted by Gasteiger charge is -2.38. The summed E-state index contributed by atoms with van der Waals surface area (Å²) in [5, 5.41) is 32.9. The molecule has 2 aliphatic rings. The molecule has 0 saturated carbocycles. The molecule has 2 aromatic rings. The lowest BCUT2D eigenvalue weighted by atomic mass is 9.78. The van der Waals surface area contributed by atoms with E-state index in [-0.39, 0.29) is 51.3 Å². The number of carbonyl (C=O) groups is 1. The summed E-state index contributed by atoms with van der Waals surface area (Å²) in [5.41, 5.74) is 6.95. The van der Waals surface area contributed by atoms with Crippen LogP contribution < -0.4 is 15.4 Å². The Morgan fingerprint density at radius 3 is 2.58 bits per heavy atom. The molecule has 12 heteroatoms. The van der Waals surface area contributed by atoms with Crippen molar-refractivity contribution in [3.8, 4) is 11.8 Å². The van der Waals surface area contributed by atoms with Gasteiger partial charge in [-0.15, -0.1) is 0 Å². The SMILES string of the molecule is COc1ccc(N2C(N)=C(C#N)[C@H](c3ccc([N+](=O)[O-])s3)C3=C2CCCC3=O)c([N+](=O)[O-])c1. The molecule has 1 aliphatic heterocycles. The summed E-state index contributed by atoms with van der Waals surface area (Å²) in [6.07, 6.45) is 1.14. The average Bonchev–Trinajstić information content (AvgIpc) is 3.28. The quantitative estimate of drug-likeness (QED) is 0.507. The van der Waals surface area contributed by atoms with E-state index in [9.17, 15) is 30.3 Å². The molecule has 33 heavy (non-hydrogen) atoms. The van der Waals surface area contributed by atoms with Crippen molar-refractivity contribution in [1.82, 2.24) is 0 Å². The van der Waals surface area contributed by atoms with Crippen molar-refractivity contribution in [3.05, 3.63) is 78.1 Å². The number of nitriles is 1. The first-order valence-corrected chi connectivity index (χ1v) is 10.6. The molecule has 2 N–H and O–H groups in total. The van der Waals surface area contributed by atoms with Crippen LogP contribution in [0.5, 0.6) is 5.75 Å². The van der Waals surface area contributed by atoms with Crippen LogP contribution in [0.25, 0.3) is 0 Å². The van der Waals surface area contributed by atoms with E-state index in [1.807, 2.05) is 6.07 Å². The van der Waals surface area contributed by atoms with Gasteiger partial charge in [0.2, 0.25) is 0 Å². The fraction of sp³-hybridized carbons (Fsp3) is 0.238. The second-order valence-corrected chi connectivity index (χ2v) is 8.45. The first kappa shape index (κ1) is 22.0. The molecular weight excluding hydrogens is 450 g/mol. The number of nitrogens with two attached hydrogens (primary N) is 1. The van der Waals surface area contributed by atoms with Gasteiger partial charge in [-0.1, -0.05) is 11.3 Å². The first-order chi connectivity index (χ1) is 15.8. The van der Waals surface area contributed by atoms with Gasteiger partial charge >= 0.3 is 5.00 Å². The molecule has 0 radical (unpaired) electrons. The van der Waals surface area contributed by atoms with Gasteiger partial charge in [0.1, 0.15) is 17.3 Å². The van der Waals surface area contributed by atoms with Gasteiger partial charge in [-0.2, -0.15) is 5.26 Å². The number of benzene rings is 1. The number of allylic oxidation sites excluding steroid dienone is 3. The zero-order chi connectivity index (χ0) is 23.9. The second-order valence-electron chi connectivity index (χ2n) is 7.36. The summed E-state index contributed by atoms with van der Waals surface area (Å²) in [7, 11) is 1.38. The number of ketones is 1. The summed E-state index contributed by atoms with van der Waals surface area (Å²) >= 11 is 0.867. The van der Waals surface area contributed by atoms with Gasteiger partial charge in [0.25, 0.3) is 5.69 Å². The van der Waals surface area contributed by atoms with Gasteiger partial charge in [-0.25, -0.2) is 0 Å². The van der Waals surface area contributed by atoms with E-state index in [0.717, 1.165) is 11.3 Å². The normalized spacial score (nSPS) is 18.1. The van der Waals surface area contributed by atoms with Crippen LogP contribution in [-0.2, 0) is 4.79 Å². The Labute approximate surface area is 191 Å². The lowest BCUT2D eigenvalue weighted by Crippen LogP contribution is -2.38. The van der Waals surface area contributed by atoms with Crippen LogP contribution in [0.15, 0.2) is 53.0 Å². The zero-order valence-electron chi connectivity index (χ0n) is 17.3. The van der Waals surface area contributed by atoms with Crippen LogP contribution in [-0.4, -0.2) is 22.7 Å². The van der Waals surface area contributed by atoms with Gasteiger partial charge in [-0.3, -0.25) is 29.9 Å². The van der Waals surface area contributed by atoms with Crippen LogP contribution in [0.1, 0.15) is 30.1 Å². The van der Waals surface area contributed by atoms with Crippen molar-refractivity contribution in [3.63, 3.8) is 0 Å². The molecule has 0 fully saturated rings. The van der Waals surface area contributed by atoms with Gasteiger partial charge in [-0.05, 0) is 31.0 Å². The maximum Gasteiger partial charge on any atom is 0.324 e. The number of carbonyl (C=O) groups excluding carboxylic acids is 1. The Balaban J connectivity index is 1.98. The molecule has 1 atom stereocenters. The van der Waals surface area contributed by atoms with Crippen molar-refractivity contribution in [2.45, 2.75) is 25.2 Å². The second kappa shape index (κ2) is 8.36. The molecule has 1 aromatic heterocycles. The van der Waals surface area contributed by atoms with E-state index in [1.165, 1.54) is 42.3 Å². The lowest BCUT2D eigenvalue weighted by molar-refractivity contribution is -0.384. The van der Waals surface area contributed by atoms with Gasteiger partial charge in [0.15, 0.2) is 5.78 Å².